The molecule has 6 heteroatoms. The Labute approximate surface area is 129 Å². The molecule has 1 aliphatic carbocycles. The van der Waals surface area contributed by atoms with Gasteiger partial charge in [0.2, 0.25) is 5.91 Å². The van der Waals surface area contributed by atoms with Gasteiger partial charge in [0, 0.05) is 18.1 Å². The molecule has 2 atom stereocenters. The summed E-state index contributed by atoms with van der Waals surface area (Å²) in [6.07, 6.45) is 7.19. The van der Waals surface area contributed by atoms with Crippen molar-refractivity contribution in [3.05, 3.63) is 39.9 Å². The van der Waals surface area contributed by atoms with E-state index in [1.54, 1.807) is 12.1 Å². The summed E-state index contributed by atoms with van der Waals surface area (Å²) in [5.41, 5.74) is 3.29. The number of nitrogens with zero attached hydrogens (tertiary/aromatic N) is 2. The first kappa shape index (κ1) is 16.1. The van der Waals surface area contributed by atoms with E-state index in [0.717, 1.165) is 12.8 Å². The van der Waals surface area contributed by atoms with Crippen molar-refractivity contribution in [2.45, 2.75) is 39.0 Å². The van der Waals surface area contributed by atoms with Gasteiger partial charge in [-0.25, -0.2) is 5.43 Å². The maximum absolute atomic E-state index is 11.9. The number of nitrogens with one attached hydrogen (secondary N) is 1. The number of rotatable bonds is 8. The lowest BCUT2D eigenvalue weighted by Gasteiger charge is -1.99. The Hall–Kier alpha value is -2.24. The van der Waals surface area contributed by atoms with E-state index in [4.69, 9.17) is 0 Å². The second-order valence-electron chi connectivity index (χ2n) is 5.68. The quantitative estimate of drug-likeness (QED) is 0.346. The monoisotopic (exact) mass is 303 g/mol. The van der Waals surface area contributed by atoms with Gasteiger partial charge in [-0.05, 0) is 36.5 Å². The van der Waals surface area contributed by atoms with Crippen LogP contribution in [0.2, 0.25) is 0 Å². The molecule has 1 aromatic carbocycles. The fourth-order valence-electron chi connectivity index (χ4n) is 2.48. The number of nitro groups is 1. The van der Waals surface area contributed by atoms with Crippen LogP contribution in [-0.2, 0) is 4.79 Å². The molecule has 0 aromatic heterocycles. The summed E-state index contributed by atoms with van der Waals surface area (Å²) < 4.78 is 0. The maximum atomic E-state index is 11.9. The minimum Gasteiger partial charge on any atom is -0.273 e. The topological polar surface area (TPSA) is 84.6 Å². The first-order valence-corrected chi connectivity index (χ1v) is 7.69. The summed E-state index contributed by atoms with van der Waals surface area (Å²) >= 11 is 0. The Kier molecular flexibility index (Phi) is 5.63. The summed E-state index contributed by atoms with van der Waals surface area (Å²) in [5.74, 6) is 0.589. The normalized spacial score (nSPS) is 20.0. The highest BCUT2D eigenvalue weighted by Gasteiger charge is 2.41. The molecule has 1 aliphatic rings. The number of hydrogen-bond acceptors (Lipinski definition) is 4. The fourth-order valence-corrected chi connectivity index (χ4v) is 2.48. The Balaban J connectivity index is 1.73. The highest BCUT2D eigenvalue weighted by atomic mass is 16.6. The molecule has 1 N–H and O–H groups in total. The largest absolute Gasteiger partial charge is 0.273 e. The molecule has 0 radical (unpaired) electrons. The van der Waals surface area contributed by atoms with Crippen LogP contribution < -0.4 is 5.43 Å². The van der Waals surface area contributed by atoms with E-state index in [2.05, 4.69) is 17.5 Å². The summed E-state index contributed by atoms with van der Waals surface area (Å²) in [4.78, 5) is 22.0. The standard InChI is InChI=1S/C16H21N3O3/c1-2-3-4-5-13-10-15(13)16(20)18-17-11-12-6-8-14(9-7-12)19(21)22/h6-9,11,13,15H,2-5,10H2,1H3,(H,18,20)/t13-,15+/m0/s1. The zero-order valence-corrected chi connectivity index (χ0v) is 12.7. The molecule has 0 spiro atoms. The Morgan fingerprint density at radius 2 is 2.14 bits per heavy atom. The second kappa shape index (κ2) is 7.68. The van der Waals surface area contributed by atoms with Gasteiger partial charge in [0.25, 0.3) is 5.69 Å². The Bertz CT molecular complexity index is 554. The molecule has 0 aliphatic heterocycles. The second-order valence-corrected chi connectivity index (χ2v) is 5.68. The molecule has 2 rings (SSSR count). The molecule has 1 aromatic rings. The molecule has 1 fully saturated rings. The van der Waals surface area contributed by atoms with E-state index >= 15 is 0 Å². The van der Waals surface area contributed by atoms with E-state index < -0.39 is 4.92 Å². The molecule has 0 bridgehead atoms. The minimum absolute atomic E-state index is 0.0281. The van der Waals surface area contributed by atoms with Gasteiger partial charge in [-0.2, -0.15) is 5.10 Å². The van der Waals surface area contributed by atoms with Crippen LogP contribution in [0.3, 0.4) is 0 Å². The van der Waals surface area contributed by atoms with Crippen LogP contribution in [0.25, 0.3) is 0 Å². The molecule has 1 amide bonds. The lowest BCUT2D eigenvalue weighted by Crippen LogP contribution is -2.20. The minimum atomic E-state index is -0.450. The van der Waals surface area contributed by atoms with Crippen LogP contribution in [0.5, 0.6) is 0 Å². The molecular formula is C16H21N3O3. The van der Waals surface area contributed by atoms with Crippen molar-refractivity contribution < 1.29 is 9.72 Å². The molecule has 0 unspecified atom stereocenters. The number of amides is 1. The molecule has 1 saturated carbocycles. The van der Waals surface area contributed by atoms with Crippen LogP contribution in [-0.4, -0.2) is 17.0 Å². The molecule has 0 saturated heterocycles. The highest BCUT2D eigenvalue weighted by Crippen LogP contribution is 2.42. The number of benzene rings is 1. The van der Waals surface area contributed by atoms with E-state index in [0.29, 0.717) is 11.5 Å². The first-order valence-electron chi connectivity index (χ1n) is 7.69. The van der Waals surface area contributed by atoms with E-state index in [1.165, 1.54) is 37.6 Å². The van der Waals surface area contributed by atoms with Crippen molar-refractivity contribution in [1.29, 1.82) is 0 Å². The van der Waals surface area contributed by atoms with Crippen LogP contribution in [0.1, 0.15) is 44.6 Å². The Morgan fingerprint density at radius 3 is 2.77 bits per heavy atom. The average molecular weight is 303 g/mol. The third-order valence-corrected chi connectivity index (χ3v) is 3.93. The van der Waals surface area contributed by atoms with Gasteiger partial charge in [0.05, 0.1) is 11.1 Å². The van der Waals surface area contributed by atoms with Crippen LogP contribution in [0, 0.1) is 22.0 Å². The number of non-ortho nitro benzene ring substituents is 1. The number of carbonyl (C=O) groups is 1. The molecular weight excluding hydrogens is 282 g/mol. The van der Waals surface area contributed by atoms with Gasteiger partial charge >= 0.3 is 0 Å². The predicted octanol–water partition coefficient (Wildman–Crippen LogP) is 3.26. The smallest absolute Gasteiger partial charge is 0.269 e. The van der Waals surface area contributed by atoms with Crippen molar-refractivity contribution in [3.8, 4) is 0 Å². The van der Waals surface area contributed by atoms with Gasteiger partial charge in [-0.3, -0.25) is 14.9 Å². The SMILES string of the molecule is CCCCC[C@H]1C[C@H]1C(=O)NN=Cc1ccc([N+](=O)[O-])cc1. The number of unbranched alkanes of at least 4 members (excludes halogenated alkanes) is 2. The molecule has 118 valence electrons. The summed E-state index contributed by atoms with van der Waals surface area (Å²) in [6.45, 7) is 2.17. The zero-order chi connectivity index (χ0) is 15.9. The summed E-state index contributed by atoms with van der Waals surface area (Å²) in [7, 11) is 0. The van der Waals surface area contributed by atoms with Gasteiger partial charge in [-0.1, -0.05) is 26.2 Å². The fraction of sp³-hybridized carbons (Fsp3) is 0.500. The van der Waals surface area contributed by atoms with Crippen molar-refractivity contribution in [2.75, 3.05) is 0 Å². The third kappa shape index (κ3) is 4.65. The molecule has 6 nitrogen and oxygen atoms in total. The van der Waals surface area contributed by atoms with Crippen molar-refractivity contribution >= 4 is 17.8 Å². The van der Waals surface area contributed by atoms with Gasteiger partial charge in [0.1, 0.15) is 0 Å². The first-order chi connectivity index (χ1) is 10.6. The van der Waals surface area contributed by atoms with Crippen LogP contribution >= 0.6 is 0 Å². The van der Waals surface area contributed by atoms with E-state index in [9.17, 15) is 14.9 Å². The van der Waals surface area contributed by atoms with Gasteiger partial charge in [-0.15, -0.1) is 0 Å². The van der Waals surface area contributed by atoms with E-state index in [-0.39, 0.29) is 17.5 Å². The number of nitro benzene ring substituents is 1. The van der Waals surface area contributed by atoms with Crippen molar-refractivity contribution in [3.63, 3.8) is 0 Å². The lowest BCUT2D eigenvalue weighted by molar-refractivity contribution is -0.384. The zero-order valence-electron chi connectivity index (χ0n) is 12.7. The molecule has 0 heterocycles. The van der Waals surface area contributed by atoms with Gasteiger partial charge < -0.3 is 0 Å². The highest BCUT2D eigenvalue weighted by molar-refractivity contribution is 5.84. The number of carbonyl (C=O) groups excluding carboxylic acids is 1. The maximum Gasteiger partial charge on any atom is 0.269 e. The predicted molar refractivity (Wildman–Crippen MR) is 84.6 cm³/mol. The third-order valence-electron chi connectivity index (χ3n) is 3.93. The van der Waals surface area contributed by atoms with Crippen molar-refractivity contribution in [1.82, 2.24) is 5.43 Å². The van der Waals surface area contributed by atoms with Crippen LogP contribution in [0.4, 0.5) is 5.69 Å². The summed E-state index contributed by atoms with van der Waals surface area (Å²) in [5, 5.41) is 14.5. The number of hydrogen-bond donors (Lipinski definition) is 1. The molecule has 22 heavy (non-hydrogen) atoms. The Morgan fingerprint density at radius 1 is 1.41 bits per heavy atom. The van der Waals surface area contributed by atoms with Gasteiger partial charge in [0.15, 0.2) is 0 Å². The lowest BCUT2D eigenvalue weighted by atomic mass is 10.1. The van der Waals surface area contributed by atoms with Crippen LogP contribution in [0.15, 0.2) is 29.4 Å². The summed E-state index contributed by atoms with van der Waals surface area (Å²) in [6, 6.07) is 6.01. The average Bonchev–Trinajstić information content (AvgIpc) is 3.27. The van der Waals surface area contributed by atoms with Crippen molar-refractivity contribution in [2.24, 2.45) is 16.9 Å². The number of hydrazone groups is 1. The van der Waals surface area contributed by atoms with E-state index in [1.807, 2.05) is 0 Å².